The first-order valence-electron chi connectivity index (χ1n) is 12.9. The molecule has 0 unspecified atom stereocenters. The Hall–Kier alpha value is -3.03. The normalized spacial score (nSPS) is 29.2. The van der Waals surface area contributed by atoms with Gasteiger partial charge >= 0.3 is 0 Å². The molecule has 1 aromatic carbocycles. The van der Waals surface area contributed by atoms with Crippen molar-refractivity contribution in [3.63, 3.8) is 0 Å². The second kappa shape index (κ2) is 13.2. The zero-order valence-corrected chi connectivity index (χ0v) is 22.5. The third-order valence-corrected chi connectivity index (χ3v) is 8.30. The molecule has 0 aromatic heterocycles. The van der Waals surface area contributed by atoms with Crippen molar-refractivity contribution in [2.45, 2.75) is 76.2 Å². The number of hydrogen-bond donors (Lipinski definition) is 5. The van der Waals surface area contributed by atoms with E-state index in [2.05, 4.69) is 20.7 Å². The maximum Gasteiger partial charge on any atom is 0.245 e. The first-order chi connectivity index (χ1) is 18.1. The lowest BCUT2D eigenvalue weighted by atomic mass is 10.1. The van der Waals surface area contributed by atoms with Crippen molar-refractivity contribution in [3.8, 4) is 0 Å². The van der Waals surface area contributed by atoms with Crippen LogP contribution >= 0.6 is 0 Å². The molecule has 2 aliphatic rings. The fourth-order valence-corrected chi connectivity index (χ4v) is 6.31. The van der Waals surface area contributed by atoms with Crippen molar-refractivity contribution in [3.05, 3.63) is 35.9 Å². The average molecular weight is 552 g/mol. The van der Waals surface area contributed by atoms with Gasteiger partial charge in [0.25, 0.3) is 0 Å². The maximum absolute atomic E-state index is 13.3. The van der Waals surface area contributed by atoms with Crippen LogP contribution in [-0.2, 0) is 35.6 Å². The highest BCUT2D eigenvalue weighted by Gasteiger charge is 2.39. The van der Waals surface area contributed by atoms with Crippen LogP contribution in [-0.4, -0.2) is 91.2 Å². The summed E-state index contributed by atoms with van der Waals surface area (Å²) in [6.07, 6.45) is 1.46. The number of carbonyl (C=O) groups excluding carboxylic acids is 4. The van der Waals surface area contributed by atoms with Crippen LogP contribution in [0.4, 0.5) is 0 Å². The number of amides is 4. The van der Waals surface area contributed by atoms with E-state index in [0.717, 1.165) is 5.56 Å². The van der Waals surface area contributed by atoms with E-state index in [-0.39, 0.29) is 25.8 Å². The first-order valence-corrected chi connectivity index (χ1v) is 14.6. The van der Waals surface area contributed by atoms with Crippen molar-refractivity contribution in [2.24, 2.45) is 0 Å². The van der Waals surface area contributed by atoms with Crippen LogP contribution in [0.1, 0.15) is 45.1 Å². The fraction of sp³-hybridized carbons (Fsp3) is 0.600. The minimum atomic E-state index is -4.09. The van der Waals surface area contributed by atoms with Crippen molar-refractivity contribution in [1.29, 1.82) is 0 Å². The summed E-state index contributed by atoms with van der Waals surface area (Å²) in [6.45, 7) is 2.92. The average Bonchev–Trinajstić information content (AvgIpc) is 3.38. The Balaban J connectivity index is 1.97. The molecule has 2 aliphatic heterocycles. The van der Waals surface area contributed by atoms with Crippen LogP contribution in [0.5, 0.6) is 0 Å². The molecule has 5 atom stereocenters. The predicted molar refractivity (Wildman–Crippen MR) is 139 cm³/mol. The summed E-state index contributed by atoms with van der Waals surface area (Å²) in [4.78, 5) is 53.7. The van der Waals surface area contributed by atoms with Crippen LogP contribution in [0.3, 0.4) is 0 Å². The second-order valence-corrected chi connectivity index (χ2v) is 11.5. The summed E-state index contributed by atoms with van der Waals surface area (Å²) < 4.78 is 28.9. The lowest BCUT2D eigenvalue weighted by Crippen LogP contribution is -2.60. The van der Waals surface area contributed by atoms with Crippen molar-refractivity contribution >= 4 is 33.7 Å². The molecular weight excluding hydrogens is 514 g/mol. The Labute approximate surface area is 223 Å². The fourth-order valence-electron chi connectivity index (χ4n) is 4.78. The zero-order valence-electron chi connectivity index (χ0n) is 21.7. The lowest BCUT2D eigenvalue weighted by molar-refractivity contribution is -0.141. The molecule has 1 aromatic rings. The lowest BCUT2D eigenvalue weighted by Gasteiger charge is -2.30. The van der Waals surface area contributed by atoms with E-state index in [1.807, 2.05) is 6.07 Å². The van der Waals surface area contributed by atoms with E-state index in [1.54, 1.807) is 38.1 Å². The molecule has 12 nitrogen and oxygen atoms in total. The highest BCUT2D eigenvalue weighted by molar-refractivity contribution is 7.89. The molecule has 0 bridgehead atoms. The third-order valence-electron chi connectivity index (χ3n) is 6.82. The molecule has 5 N–H and O–H groups in total. The minimum Gasteiger partial charge on any atom is -0.394 e. The summed E-state index contributed by atoms with van der Waals surface area (Å²) in [5, 5.41) is 17.6. The number of sulfonamides is 1. The van der Waals surface area contributed by atoms with Gasteiger partial charge in [-0.25, -0.2) is 13.1 Å². The van der Waals surface area contributed by atoms with Gasteiger partial charge in [-0.15, -0.1) is 0 Å². The van der Waals surface area contributed by atoms with Crippen LogP contribution in [0, 0.1) is 0 Å². The molecule has 13 heteroatoms. The van der Waals surface area contributed by atoms with Crippen molar-refractivity contribution in [2.75, 3.05) is 18.9 Å². The molecule has 3 rings (SSSR count). The smallest absolute Gasteiger partial charge is 0.245 e. The summed E-state index contributed by atoms with van der Waals surface area (Å²) >= 11 is 0. The van der Waals surface area contributed by atoms with Gasteiger partial charge in [0.1, 0.15) is 24.2 Å². The summed E-state index contributed by atoms with van der Waals surface area (Å²) in [5.41, 5.74) is 0.767. The number of carbonyl (C=O) groups is 4. The van der Waals surface area contributed by atoms with Gasteiger partial charge in [-0.3, -0.25) is 19.2 Å². The van der Waals surface area contributed by atoms with Crippen LogP contribution in [0.2, 0.25) is 0 Å². The second-order valence-electron chi connectivity index (χ2n) is 9.66. The van der Waals surface area contributed by atoms with Crippen molar-refractivity contribution < 1.29 is 32.7 Å². The Morgan fingerprint density at radius 3 is 2.16 bits per heavy atom. The highest BCUT2D eigenvalue weighted by atomic mass is 32.2. The van der Waals surface area contributed by atoms with E-state index >= 15 is 0 Å². The molecule has 0 spiro atoms. The third kappa shape index (κ3) is 7.51. The number of aliphatic hydroxyl groups is 1. The largest absolute Gasteiger partial charge is 0.394 e. The van der Waals surface area contributed by atoms with Gasteiger partial charge in [0.2, 0.25) is 33.7 Å². The molecule has 210 valence electrons. The van der Waals surface area contributed by atoms with Gasteiger partial charge in [0.15, 0.2) is 0 Å². The van der Waals surface area contributed by atoms with E-state index < -0.39 is 76.2 Å². The van der Waals surface area contributed by atoms with E-state index in [1.165, 1.54) is 4.90 Å². The molecule has 2 fully saturated rings. The van der Waals surface area contributed by atoms with Gasteiger partial charge in [-0.1, -0.05) is 44.2 Å². The number of hydrogen-bond acceptors (Lipinski definition) is 7. The van der Waals surface area contributed by atoms with Gasteiger partial charge in [-0.05, 0) is 37.7 Å². The molecule has 2 heterocycles. The Morgan fingerprint density at radius 2 is 1.53 bits per heavy atom. The molecule has 0 saturated carbocycles. The Kier molecular flexibility index (Phi) is 10.2. The van der Waals surface area contributed by atoms with Crippen LogP contribution < -0.4 is 20.7 Å². The quantitative estimate of drug-likeness (QED) is 0.305. The summed E-state index contributed by atoms with van der Waals surface area (Å²) in [7, 11) is -4.09. The maximum atomic E-state index is 13.3. The number of rotatable bonds is 5. The summed E-state index contributed by atoms with van der Waals surface area (Å²) in [6, 6.07) is 3.75. The Bertz CT molecular complexity index is 1110. The number of nitrogens with one attached hydrogen (secondary N) is 4. The Morgan fingerprint density at radius 1 is 0.895 bits per heavy atom. The predicted octanol–water partition coefficient (Wildman–Crippen LogP) is -1.21. The van der Waals surface area contributed by atoms with Gasteiger partial charge in [0.05, 0.1) is 12.4 Å². The monoisotopic (exact) mass is 551 g/mol. The van der Waals surface area contributed by atoms with Gasteiger partial charge < -0.3 is 26.0 Å². The molecule has 2 saturated heterocycles. The summed E-state index contributed by atoms with van der Waals surface area (Å²) in [5.74, 6) is -3.02. The van der Waals surface area contributed by atoms with E-state index in [0.29, 0.717) is 12.8 Å². The molecule has 0 aliphatic carbocycles. The van der Waals surface area contributed by atoms with E-state index in [4.69, 9.17) is 0 Å². The molecule has 38 heavy (non-hydrogen) atoms. The SMILES string of the molecule is CC[C@@H]1NC(=O)[C@@H]2CCCN2C(=O)[C@H](CC)NS(=O)(=O)C[C@H](Cc2ccccc2)NC(=O)[C@H](CO)NC1=O. The minimum absolute atomic E-state index is 0.158. The van der Waals surface area contributed by atoms with Crippen LogP contribution in [0.15, 0.2) is 30.3 Å². The molecule has 0 radical (unpaired) electrons. The first kappa shape index (κ1) is 29.5. The van der Waals surface area contributed by atoms with E-state index in [9.17, 15) is 32.7 Å². The number of fused-ring (bicyclic) bond motifs is 1. The molecular formula is C25H37N5O7S. The van der Waals surface area contributed by atoms with Crippen LogP contribution in [0.25, 0.3) is 0 Å². The number of aliphatic hydroxyl groups excluding tert-OH is 1. The zero-order chi connectivity index (χ0) is 27.9. The standard InChI is InChI=1S/C25H37N5O7S/c1-3-18-22(32)28-20(14-31)23(33)26-17(13-16-9-6-5-7-10-16)15-38(36,37)29-19(4-2)25(35)30-12-8-11-21(30)24(34)27-18/h5-7,9-10,17-21,29,31H,3-4,8,11-15H2,1-2H3,(H,26,33)(H,27,34)(H,28,32)/t17-,18-,19-,20-,21-/m0/s1. The van der Waals surface area contributed by atoms with Gasteiger partial charge in [0, 0.05) is 12.6 Å². The molecule has 4 amide bonds. The number of nitrogens with zero attached hydrogens (tertiary/aromatic N) is 1. The number of benzene rings is 1. The topological polar surface area (TPSA) is 174 Å². The highest BCUT2D eigenvalue weighted by Crippen LogP contribution is 2.20. The van der Waals surface area contributed by atoms with Crippen molar-refractivity contribution in [1.82, 2.24) is 25.6 Å². The van der Waals surface area contributed by atoms with Gasteiger partial charge in [-0.2, -0.15) is 0 Å².